The summed E-state index contributed by atoms with van der Waals surface area (Å²) in [5.41, 5.74) is -1.28. The lowest BCUT2D eigenvalue weighted by molar-refractivity contribution is -0.422. The van der Waals surface area contributed by atoms with Gasteiger partial charge in [-0.25, -0.2) is 0 Å². The molecule has 1 aromatic rings. The van der Waals surface area contributed by atoms with Gasteiger partial charge in [0.2, 0.25) is 0 Å². The molecule has 0 atom stereocenters. The minimum Gasteiger partial charge on any atom is -0.258 e. The van der Waals surface area contributed by atoms with E-state index in [2.05, 4.69) is 6.58 Å². The maximum atomic E-state index is 10.7. The molecule has 0 saturated carbocycles. The van der Waals surface area contributed by atoms with Crippen molar-refractivity contribution in [2.75, 3.05) is 0 Å². The summed E-state index contributed by atoms with van der Waals surface area (Å²) < 4.78 is 0. The smallest absolute Gasteiger partial charge is 0.258 e. The predicted molar refractivity (Wildman–Crippen MR) is 54.9 cm³/mol. The van der Waals surface area contributed by atoms with Gasteiger partial charge in [0.25, 0.3) is 0 Å². The number of nitro benzene ring substituents is 2. The molecular formula is C8H5ClN2O4. The molecule has 1 rings (SSSR count). The first-order valence-corrected chi connectivity index (χ1v) is 4.10. The van der Waals surface area contributed by atoms with Crippen LogP contribution in [-0.2, 0) is 0 Å². The van der Waals surface area contributed by atoms with E-state index in [1.54, 1.807) is 0 Å². The summed E-state index contributed by atoms with van der Waals surface area (Å²) in [5.74, 6) is 0. The number of nitrogens with zero attached hydrogens (tertiary/aromatic N) is 2. The highest BCUT2D eigenvalue weighted by molar-refractivity contribution is 6.32. The van der Waals surface area contributed by atoms with Crippen LogP contribution in [0.15, 0.2) is 18.7 Å². The van der Waals surface area contributed by atoms with Crippen LogP contribution in [0.5, 0.6) is 0 Å². The fraction of sp³-hybridized carbons (Fsp3) is 0. The minimum atomic E-state index is -0.846. The van der Waals surface area contributed by atoms with Gasteiger partial charge < -0.3 is 0 Å². The molecule has 0 bridgehead atoms. The van der Waals surface area contributed by atoms with E-state index in [0.29, 0.717) is 0 Å². The molecule has 0 spiro atoms. The lowest BCUT2D eigenvalue weighted by Gasteiger charge is -2.00. The minimum absolute atomic E-state index is 0.0455. The third kappa shape index (κ3) is 1.94. The Labute approximate surface area is 89.1 Å². The molecule has 0 aliphatic rings. The molecule has 0 aliphatic heterocycles. The van der Waals surface area contributed by atoms with Crippen LogP contribution in [0.25, 0.3) is 6.08 Å². The summed E-state index contributed by atoms with van der Waals surface area (Å²) in [6.45, 7) is 3.32. The Morgan fingerprint density at radius 2 is 1.87 bits per heavy atom. The zero-order valence-electron chi connectivity index (χ0n) is 7.34. The highest BCUT2D eigenvalue weighted by atomic mass is 35.5. The Kier molecular flexibility index (Phi) is 3.01. The fourth-order valence-corrected chi connectivity index (χ4v) is 1.33. The summed E-state index contributed by atoms with van der Waals surface area (Å²) in [7, 11) is 0. The van der Waals surface area contributed by atoms with E-state index in [1.807, 2.05) is 0 Å². The quantitative estimate of drug-likeness (QED) is 0.588. The molecule has 0 amide bonds. The Balaban J connectivity index is 3.63. The van der Waals surface area contributed by atoms with Crippen molar-refractivity contribution in [1.29, 1.82) is 0 Å². The lowest BCUT2D eigenvalue weighted by Crippen LogP contribution is -1.99. The Morgan fingerprint density at radius 1 is 1.27 bits per heavy atom. The first-order chi connectivity index (χ1) is 6.99. The van der Waals surface area contributed by atoms with E-state index in [9.17, 15) is 20.2 Å². The zero-order chi connectivity index (χ0) is 11.6. The summed E-state index contributed by atoms with van der Waals surface area (Å²) in [4.78, 5) is 19.5. The number of rotatable bonds is 3. The van der Waals surface area contributed by atoms with Crippen molar-refractivity contribution in [3.63, 3.8) is 0 Å². The topological polar surface area (TPSA) is 86.3 Å². The molecule has 15 heavy (non-hydrogen) atoms. The van der Waals surface area contributed by atoms with E-state index in [-0.39, 0.29) is 10.6 Å². The standard InChI is InChI=1S/C8H5ClN2O4/c1-2-5-6(9)3-4-7(10(12)13)8(5)11(14)15/h2-4H,1H2. The lowest BCUT2D eigenvalue weighted by atomic mass is 10.1. The Hall–Kier alpha value is -1.95. The molecule has 7 heteroatoms. The third-order valence-electron chi connectivity index (χ3n) is 1.73. The van der Waals surface area contributed by atoms with Crippen molar-refractivity contribution in [3.8, 4) is 0 Å². The third-order valence-corrected chi connectivity index (χ3v) is 2.06. The summed E-state index contributed by atoms with van der Waals surface area (Å²) in [6.07, 6.45) is 1.12. The molecule has 0 saturated heterocycles. The highest BCUT2D eigenvalue weighted by Crippen LogP contribution is 2.35. The van der Waals surface area contributed by atoms with Crippen molar-refractivity contribution in [1.82, 2.24) is 0 Å². The van der Waals surface area contributed by atoms with Gasteiger partial charge in [-0.1, -0.05) is 24.3 Å². The summed E-state index contributed by atoms with van der Waals surface area (Å²) in [6, 6.07) is 2.22. The molecule has 0 unspecified atom stereocenters. The molecule has 0 fully saturated rings. The van der Waals surface area contributed by atoms with Gasteiger partial charge in [0.1, 0.15) is 0 Å². The van der Waals surface area contributed by atoms with Gasteiger partial charge in [0.05, 0.1) is 20.4 Å². The molecule has 0 N–H and O–H groups in total. The monoisotopic (exact) mass is 228 g/mol. The van der Waals surface area contributed by atoms with Crippen molar-refractivity contribution in [2.45, 2.75) is 0 Å². The van der Waals surface area contributed by atoms with Gasteiger partial charge >= 0.3 is 11.4 Å². The van der Waals surface area contributed by atoms with Crippen LogP contribution in [0.1, 0.15) is 5.56 Å². The zero-order valence-corrected chi connectivity index (χ0v) is 8.10. The SMILES string of the molecule is C=Cc1c(Cl)ccc([N+](=O)[O-])c1[N+](=O)[O-]. The first-order valence-electron chi connectivity index (χ1n) is 3.72. The first kappa shape index (κ1) is 11.1. The van der Waals surface area contributed by atoms with Crippen LogP contribution in [-0.4, -0.2) is 9.85 Å². The summed E-state index contributed by atoms with van der Waals surface area (Å²) in [5, 5.41) is 21.2. The van der Waals surface area contributed by atoms with Gasteiger partial charge in [-0.2, -0.15) is 0 Å². The van der Waals surface area contributed by atoms with E-state index in [0.717, 1.165) is 12.1 Å². The largest absolute Gasteiger partial charge is 0.354 e. The van der Waals surface area contributed by atoms with E-state index < -0.39 is 21.2 Å². The maximum absolute atomic E-state index is 10.7. The Morgan fingerprint density at radius 3 is 2.27 bits per heavy atom. The molecule has 0 heterocycles. The molecular weight excluding hydrogens is 224 g/mol. The van der Waals surface area contributed by atoms with Crippen LogP contribution in [0.3, 0.4) is 0 Å². The van der Waals surface area contributed by atoms with Crippen LogP contribution in [0, 0.1) is 20.2 Å². The molecule has 6 nitrogen and oxygen atoms in total. The van der Waals surface area contributed by atoms with Crippen molar-refractivity contribution in [3.05, 3.63) is 49.5 Å². The van der Waals surface area contributed by atoms with E-state index in [1.165, 1.54) is 6.07 Å². The van der Waals surface area contributed by atoms with Gasteiger partial charge in [0, 0.05) is 6.07 Å². The second-order valence-electron chi connectivity index (χ2n) is 2.55. The molecule has 1 aromatic carbocycles. The molecule has 78 valence electrons. The van der Waals surface area contributed by atoms with Crippen molar-refractivity contribution < 1.29 is 9.85 Å². The van der Waals surface area contributed by atoms with Crippen molar-refractivity contribution >= 4 is 29.1 Å². The second kappa shape index (κ2) is 4.05. The Bertz CT molecular complexity index is 458. The second-order valence-corrected chi connectivity index (χ2v) is 2.95. The number of nitro groups is 2. The van der Waals surface area contributed by atoms with Crippen LogP contribution < -0.4 is 0 Å². The van der Waals surface area contributed by atoms with Gasteiger partial charge in [-0.3, -0.25) is 20.2 Å². The number of halogens is 1. The van der Waals surface area contributed by atoms with Crippen LogP contribution in [0.4, 0.5) is 11.4 Å². The van der Waals surface area contributed by atoms with Gasteiger partial charge in [-0.15, -0.1) is 0 Å². The predicted octanol–water partition coefficient (Wildman–Crippen LogP) is 2.80. The fourth-order valence-electron chi connectivity index (χ4n) is 1.11. The summed E-state index contributed by atoms with van der Waals surface area (Å²) >= 11 is 5.65. The highest BCUT2D eigenvalue weighted by Gasteiger charge is 2.28. The maximum Gasteiger partial charge on any atom is 0.354 e. The number of hydrogen-bond donors (Lipinski definition) is 0. The van der Waals surface area contributed by atoms with Crippen LogP contribution >= 0.6 is 11.6 Å². The molecule has 0 aromatic heterocycles. The molecule has 0 radical (unpaired) electrons. The van der Waals surface area contributed by atoms with E-state index >= 15 is 0 Å². The van der Waals surface area contributed by atoms with E-state index in [4.69, 9.17) is 11.6 Å². The number of benzene rings is 1. The van der Waals surface area contributed by atoms with Crippen molar-refractivity contribution in [2.24, 2.45) is 0 Å². The average Bonchev–Trinajstić information content (AvgIpc) is 2.16. The van der Waals surface area contributed by atoms with Gasteiger partial charge in [-0.05, 0) is 6.07 Å². The van der Waals surface area contributed by atoms with Crippen LogP contribution in [0.2, 0.25) is 5.02 Å². The number of hydrogen-bond acceptors (Lipinski definition) is 4. The normalized spacial score (nSPS) is 9.67. The molecule has 0 aliphatic carbocycles. The average molecular weight is 229 g/mol. The van der Waals surface area contributed by atoms with Gasteiger partial charge in [0.15, 0.2) is 0 Å².